The molecule has 2 heterocycles. The lowest BCUT2D eigenvalue weighted by atomic mass is 10.0. The van der Waals surface area contributed by atoms with Gasteiger partial charge < -0.3 is 16.0 Å². The molecule has 0 radical (unpaired) electrons. The topological polar surface area (TPSA) is 66.0 Å². The number of hydrogen-bond donors (Lipinski definition) is 3. The SMILES string of the molecule is Cc1cccc(NCCNC(=O)CCC2CCNC2)n1.Cl.Cl. The standard InChI is InChI=1S/C15H24N4O.2ClH/c1-12-3-2-4-14(19-12)17-9-10-18-15(20)6-5-13-7-8-16-11-13;;/h2-4,13,16H,5-11H2,1H3,(H,17,19)(H,18,20);2*1H. The molecule has 1 saturated heterocycles. The molecule has 1 amide bonds. The van der Waals surface area contributed by atoms with Crippen LogP contribution in [0.3, 0.4) is 0 Å². The summed E-state index contributed by atoms with van der Waals surface area (Å²) in [5, 5.41) is 9.47. The molecule has 0 saturated carbocycles. The number of pyridine rings is 1. The van der Waals surface area contributed by atoms with Crippen molar-refractivity contribution in [3.63, 3.8) is 0 Å². The largest absolute Gasteiger partial charge is 0.368 e. The molecule has 126 valence electrons. The maximum Gasteiger partial charge on any atom is 0.220 e. The summed E-state index contributed by atoms with van der Waals surface area (Å²) in [5.74, 6) is 1.68. The van der Waals surface area contributed by atoms with E-state index in [0.717, 1.165) is 31.0 Å². The van der Waals surface area contributed by atoms with E-state index in [-0.39, 0.29) is 30.7 Å². The first kappa shape index (κ1) is 21.0. The Hall–Kier alpha value is -1.04. The van der Waals surface area contributed by atoms with E-state index in [0.29, 0.717) is 25.4 Å². The highest BCUT2D eigenvalue weighted by Crippen LogP contribution is 2.13. The van der Waals surface area contributed by atoms with E-state index in [1.54, 1.807) is 0 Å². The van der Waals surface area contributed by atoms with Crippen molar-refractivity contribution in [3.05, 3.63) is 23.9 Å². The Morgan fingerprint density at radius 1 is 1.36 bits per heavy atom. The van der Waals surface area contributed by atoms with Crippen LogP contribution in [0.5, 0.6) is 0 Å². The third-order valence-corrected chi connectivity index (χ3v) is 3.58. The number of carbonyl (C=O) groups is 1. The van der Waals surface area contributed by atoms with Crippen molar-refractivity contribution in [3.8, 4) is 0 Å². The zero-order chi connectivity index (χ0) is 14.2. The Morgan fingerprint density at radius 2 is 2.18 bits per heavy atom. The second-order valence-electron chi connectivity index (χ2n) is 5.34. The normalized spacial score (nSPS) is 16.3. The quantitative estimate of drug-likeness (QED) is 0.660. The van der Waals surface area contributed by atoms with Gasteiger partial charge in [0.15, 0.2) is 0 Å². The van der Waals surface area contributed by atoms with Crippen LogP contribution in [0, 0.1) is 12.8 Å². The molecule has 1 atom stereocenters. The number of amides is 1. The van der Waals surface area contributed by atoms with E-state index in [4.69, 9.17) is 0 Å². The molecule has 1 aromatic rings. The Bertz CT molecular complexity index is 439. The second-order valence-corrected chi connectivity index (χ2v) is 5.34. The zero-order valence-electron chi connectivity index (χ0n) is 12.9. The van der Waals surface area contributed by atoms with Gasteiger partial charge in [0.2, 0.25) is 5.91 Å². The number of aromatic nitrogens is 1. The monoisotopic (exact) mass is 348 g/mol. The van der Waals surface area contributed by atoms with Crippen LogP contribution < -0.4 is 16.0 Å². The second kappa shape index (κ2) is 11.5. The first-order valence-electron chi connectivity index (χ1n) is 7.39. The van der Waals surface area contributed by atoms with Crippen molar-refractivity contribution in [2.45, 2.75) is 26.2 Å². The maximum absolute atomic E-state index is 11.7. The number of nitrogens with zero attached hydrogens (tertiary/aromatic N) is 1. The fourth-order valence-corrected chi connectivity index (χ4v) is 2.42. The summed E-state index contributed by atoms with van der Waals surface area (Å²) in [5.41, 5.74) is 0.990. The van der Waals surface area contributed by atoms with Crippen LogP contribution in [-0.4, -0.2) is 37.1 Å². The summed E-state index contributed by atoms with van der Waals surface area (Å²) >= 11 is 0. The van der Waals surface area contributed by atoms with Crippen molar-refractivity contribution < 1.29 is 4.79 Å². The van der Waals surface area contributed by atoms with Gasteiger partial charge in [0, 0.05) is 25.2 Å². The highest BCUT2D eigenvalue weighted by molar-refractivity contribution is 5.85. The molecular weight excluding hydrogens is 323 g/mol. The molecule has 1 aliphatic rings. The number of hydrogen-bond acceptors (Lipinski definition) is 4. The number of carbonyl (C=O) groups excluding carboxylic acids is 1. The fraction of sp³-hybridized carbons (Fsp3) is 0.600. The van der Waals surface area contributed by atoms with Gasteiger partial charge in [0.05, 0.1) is 0 Å². The summed E-state index contributed by atoms with van der Waals surface area (Å²) in [4.78, 5) is 16.0. The predicted octanol–water partition coefficient (Wildman–Crippen LogP) is 2.15. The average molecular weight is 349 g/mol. The molecule has 7 heteroatoms. The van der Waals surface area contributed by atoms with E-state index in [9.17, 15) is 4.79 Å². The number of aryl methyl sites for hydroxylation is 1. The summed E-state index contributed by atoms with van der Waals surface area (Å²) < 4.78 is 0. The third kappa shape index (κ3) is 7.82. The van der Waals surface area contributed by atoms with E-state index >= 15 is 0 Å². The number of halogens is 2. The van der Waals surface area contributed by atoms with Gasteiger partial charge in [0.1, 0.15) is 5.82 Å². The Balaban J connectivity index is 0.00000220. The van der Waals surface area contributed by atoms with Crippen LogP contribution in [0.15, 0.2) is 18.2 Å². The number of rotatable bonds is 7. The molecule has 0 spiro atoms. The Labute approximate surface area is 144 Å². The van der Waals surface area contributed by atoms with Gasteiger partial charge in [-0.05, 0) is 50.9 Å². The van der Waals surface area contributed by atoms with E-state index in [1.807, 2.05) is 25.1 Å². The zero-order valence-corrected chi connectivity index (χ0v) is 14.6. The van der Waals surface area contributed by atoms with Gasteiger partial charge in [-0.15, -0.1) is 24.8 Å². The molecular formula is C15H26Cl2N4O. The van der Waals surface area contributed by atoms with Crippen LogP contribution in [0.2, 0.25) is 0 Å². The maximum atomic E-state index is 11.7. The smallest absolute Gasteiger partial charge is 0.220 e. The minimum Gasteiger partial charge on any atom is -0.368 e. The molecule has 1 aromatic heterocycles. The highest BCUT2D eigenvalue weighted by atomic mass is 35.5. The minimum atomic E-state index is 0. The third-order valence-electron chi connectivity index (χ3n) is 3.58. The number of anilines is 1. The summed E-state index contributed by atoms with van der Waals surface area (Å²) in [6, 6.07) is 5.87. The lowest BCUT2D eigenvalue weighted by molar-refractivity contribution is -0.121. The van der Waals surface area contributed by atoms with Gasteiger partial charge in [0.25, 0.3) is 0 Å². The van der Waals surface area contributed by atoms with Crippen LogP contribution in [0.4, 0.5) is 5.82 Å². The van der Waals surface area contributed by atoms with Crippen LogP contribution in [0.1, 0.15) is 25.0 Å². The molecule has 1 unspecified atom stereocenters. The van der Waals surface area contributed by atoms with Crippen LogP contribution in [-0.2, 0) is 4.79 Å². The molecule has 0 aliphatic carbocycles. The lowest BCUT2D eigenvalue weighted by Gasteiger charge is -2.09. The fourth-order valence-electron chi connectivity index (χ4n) is 2.42. The van der Waals surface area contributed by atoms with Crippen molar-refractivity contribution in [1.82, 2.24) is 15.6 Å². The van der Waals surface area contributed by atoms with Crippen molar-refractivity contribution >= 4 is 36.5 Å². The van der Waals surface area contributed by atoms with Gasteiger partial charge in [-0.25, -0.2) is 4.98 Å². The molecule has 2 rings (SSSR count). The lowest BCUT2D eigenvalue weighted by Crippen LogP contribution is -2.29. The molecule has 22 heavy (non-hydrogen) atoms. The van der Waals surface area contributed by atoms with Crippen LogP contribution in [0.25, 0.3) is 0 Å². The van der Waals surface area contributed by atoms with E-state index < -0.39 is 0 Å². The molecule has 0 bridgehead atoms. The van der Waals surface area contributed by atoms with Crippen molar-refractivity contribution in [1.29, 1.82) is 0 Å². The van der Waals surface area contributed by atoms with E-state index in [2.05, 4.69) is 20.9 Å². The van der Waals surface area contributed by atoms with Gasteiger partial charge in [-0.3, -0.25) is 4.79 Å². The minimum absolute atomic E-state index is 0. The van der Waals surface area contributed by atoms with Gasteiger partial charge >= 0.3 is 0 Å². The predicted molar refractivity (Wildman–Crippen MR) is 95.2 cm³/mol. The van der Waals surface area contributed by atoms with Crippen molar-refractivity contribution in [2.75, 3.05) is 31.5 Å². The molecule has 1 fully saturated rings. The van der Waals surface area contributed by atoms with Crippen LogP contribution >= 0.6 is 24.8 Å². The molecule has 3 N–H and O–H groups in total. The van der Waals surface area contributed by atoms with E-state index in [1.165, 1.54) is 6.42 Å². The Morgan fingerprint density at radius 3 is 2.86 bits per heavy atom. The summed E-state index contributed by atoms with van der Waals surface area (Å²) in [6.45, 7) is 5.46. The van der Waals surface area contributed by atoms with Crippen molar-refractivity contribution in [2.24, 2.45) is 5.92 Å². The van der Waals surface area contributed by atoms with Gasteiger partial charge in [-0.2, -0.15) is 0 Å². The molecule has 1 aliphatic heterocycles. The Kier molecular flexibility index (Phi) is 11.0. The first-order valence-corrected chi connectivity index (χ1v) is 7.39. The highest BCUT2D eigenvalue weighted by Gasteiger charge is 2.15. The number of nitrogens with one attached hydrogen (secondary N) is 3. The average Bonchev–Trinajstić information content (AvgIpc) is 2.95. The first-order chi connectivity index (χ1) is 9.74. The van der Waals surface area contributed by atoms with Gasteiger partial charge in [-0.1, -0.05) is 6.07 Å². The summed E-state index contributed by atoms with van der Waals surface area (Å²) in [6.07, 6.45) is 2.83. The summed E-state index contributed by atoms with van der Waals surface area (Å²) in [7, 11) is 0. The molecule has 5 nitrogen and oxygen atoms in total. The molecule has 0 aromatic carbocycles.